The minimum atomic E-state index is -5.46. The van der Waals surface area contributed by atoms with Crippen LogP contribution < -0.4 is 5.50 Å². The van der Waals surface area contributed by atoms with Crippen LogP contribution in [0.4, 0.5) is 0 Å². The summed E-state index contributed by atoms with van der Waals surface area (Å²) in [5.41, 5.74) is 4.02. The zero-order chi connectivity index (χ0) is 15.4. The third kappa shape index (κ3) is 25.4. The molecule has 0 bridgehead atoms. The lowest BCUT2D eigenvalue weighted by atomic mass is 13.9. The van der Waals surface area contributed by atoms with Crippen molar-refractivity contribution in [3.63, 3.8) is 0 Å². The van der Waals surface area contributed by atoms with Gasteiger partial charge in [-0.25, -0.2) is 23.8 Å². The van der Waals surface area contributed by atoms with Crippen LogP contribution in [0.1, 0.15) is 0 Å². The van der Waals surface area contributed by atoms with Crippen molar-refractivity contribution in [3.8, 4) is 0 Å². The van der Waals surface area contributed by atoms with E-state index in [1.165, 1.54) is 0 Å². The Morgan fingerprint density at radius 1 is 0.667 bits per heavy atom. The van der Waals surface area contributed by atoms with Crippen molar-refractivity contribution in [3.05, 3.63) is 0 Å². The minimum absolute atomic E-state index is 3.06. The molecular weight excluding hydrogens is 346 g/mol. The molecule has 112 valence electrons. The smallest absolute Gasteiger partial charge is 0.313 e. The van der Waals surface area contributed by atoms with E-state index in [2.05, 4.69) is 14.1 Å². The maximum atomic E-state index is 10.4. The highest BCUT2D eigenvalue weighted by Gasteiger charge is 2.38. The van der Waals surface area contributed by atoms with Gasteiger partial charge in [-0.2, -0.15) is 8.62 Å². The molecule has 0 aliphatic rings. The number of nitrogens with two attached hydrogens (primary N) is 1. The van der Waals surface area contributed by atoms with Crippen molar-refractivity contribution in [1.29, 1.82) is 0 Å². The summed E-state index contributed by atoms with van der Waals surface area (Å²) in [6, 6.07) is 0. The first-order chi connectivity index (χ1) is 7.41. The van der Waals surface area contributed by atoms with Gasteiger partial charge in [0.25, 0.3) is 0 Å². The first-order valence-electron chi connectivity index (χ1n) is 3.12. The van der Waals surface area contributed by atoms with Crippen molar-refractivity contribution >= 4 is 31.2 Å². The zero-order valence-electron chi connectivity index (χ0n) is 7.95. The molecule has 18 heavy (non-hydrogen) atoms. The number of phosphoric acid groups is 3. The van der Waals surface area contributed by atoms with Gasteiger partial charge in [-0.05, 0) is 0 Å². The average Bonchev–Trinajstić information content (AvgIpc) is 1.64. The fraction of sp³-hybridized carbons (Fsp3) is 0. The molecule has 0 saturated carbocycles. The van der Waals surface area contributed by atoms with E-state index in [1.807, 2.05) is 0 Å². The van der Waals surface area contributed by atoms with Crippen molar-refractivity contribution in [2.45, 2.75) is 0 Å². The molecule has 0 atom stereocenters. The minimum Gasteiger partial charge on any atom is -0.313 e. The highest BCUT2D eigenvalue weighted by molar-refractivity contribution is 7.66. The summed E-state index contributed by atoms with van der Waals surface area (Å²) >= 11 is 0. The summed E-state index contributed by atoms with van der Waals surface area (Å²) in [4.78, 5) is 55.0. The Hall–Kier alpha value is 0.520. The van der Waals surface area contributed by atoms with Gasteiger partial charge in [0.05, 0.1) is 0 Å². The molecule has 0 amide bonds. The molecule has 0 unspecified atom stereocenters. The highest BCUT2D eigenvalue weighted by atomic mass is 31.3. The van der Waals surface area contributed by atoms with Crippen LogP contribution >= 0.6 is 31.2 Å². The van der Waals surface area contributed by atoms with Gasteiger partial charge in [0.1, 0.15) is 0 Å². The Kier molecular flexibility index (Phi) is 7.87. The van der Waals surface area contributed by atoms with E-state index in [-0.39, 0.29) is 0 Å². The SMILES string of the molecule is NP(=O)(O)O.O=P(O)(O)OP(=O)(O)OP(=O)(O)O. The van der Waals surface area contributed by atoms with Crippen molar-refractivity contribution in [1.82, 2.24) is 0 Å². The van der Waals surface area contributed by atoms with Gasteiger partial charge in [0.2, 0.25) is 0 Å². The maximum absolute atomic E-state index is 10.4. The summed E-state index contributed by atoms with van der Waals surface area (Å²) in [6.07, 6.45) is 0. The van der Waals surface area contributed by atoms with Gasteiger partial charge in [-0.15, -0.1) is 0 Å². The van der Waals surface area contributed by atoms with E-state index in [1.54, 1.807) is 0 Å². The number of hydrogen-bond acceptors (Lipinski definition) is 6. The third-order valence-corrected chi connectivity index (χ3v) is 3.77. The molecule has 14 nitrogen and oxygen atoms in total. The first-order valence-corrected chi connectivity index (χ1v) is 9.36. The van der Waals surface area contributed by atoms with Crippen LogP contribution in [0.25, 0.3) is 0 Å². The predicted octanol–water partition coefficient (Wildman–Crippen LogP) is -1.66. The molecule has 0 heterocycles. The highest BCUT2D eigenvalue weighted by Crippen LogP contribution is 2.64. The summed E-state index contributed by atoms with van der Waals surface area (Å²) in [7, 11) is -20.3. The molecule has 18 heteroatoms. The molecule has 0 spiro atoms. The van der Waals surface area contributed by atoms with Gasteiger partial charge >= 0.3 is 31.2 Å². The first kappa shape index (κ1) is 20.8. The van der Waals surface area contributed by atoms with Gasteiger partial charge in [-0.1, -0.05) is 0 Å². The molecular formula is H9NO13P4. The molecule has 0 radical (unpaired) electrons. The lowest BCUT2D eigenvalue weighted by Gasteiger charge is -2.11. The topological polar surface area (TPSA) is 254 Å². The van der Waals surface area contributed by atoms with E-state index in [9.17, 15) is 13.7 Å². The van der Waals surface area contributed by atoms with Gasteiger partial charge in [-0.3, -0.25) is 0 Å². The molecule has 0 aliphatic carbocycles. The fourth-order valence-corrected chi connectivity index (χ4v) is 2.82. The van der Waals surface area contributed by atoms with Crippen molar-refractivity contribution < 1.29 is 61.1 Å². The number of hydrogen-bond donors (Lipinski definition) is 8. The van der Waals surface area contributed by atoms with E-state index in [0.717, 1.165) is 0 Å². The van der Waals surface area contributed by atoms with E-state index >= 15 is 0 Å². The molecule has 0 saturated heterocycles. The van der Waals surface area contributed by atoms with E-state index in [0.29, 0.717) is 0 Å². The Balaban J connectivity index is 0. The predicted molar refractivity (Wildman–Crippen MR) is 52.3 cm³/mol. The zero-order valence-corrected chi connectivity index (χ0v) is 11.5. The average molecular weight is 355 g/mol. The van der Waals surface area contributed by atoms with Crippen LogP contribution in [0.5, 0.6) is 0 Å². The Morgan fingerprint density at radius 2 is 0.833 bits per heavy atom. The molecule has 0 aliphatic heterocycles. The number of rotatable bonds is 4. The fourth-order valence-electron chi connectivity index (χ4n) is 0.284. The standard InChI is InChI=1S/H4NO3P.H5O10P3/c1-5(2,3)4;1-11(2,3)9-13(7,8)10-12(4,5)6/h(H4,1,2,3,4);(H,7,8)(H2,1,2,3)(H2,4,5,6). The second-order valence-electron chi connectivity index (χ2n) is 2.20. The second-order valence-corrected chi connectivity index (χ2v) is 7.59. The molecule has 0 aromatic carbocycles. The van der Waals surface area contributed by atoms with Crippen LogP contribution in [-0.2, 0) is 26.9 Å². The molecule has 9 N–H and O–H groups in total. The van der Waals surface area contributed by atoms with Gasteiger partial charge in [0, 0.05) is 0 Å². The summed E-state index contributed by atoms with van der Waals surface area (Å²) in [6.45, 7) is 0. The second kappa shape index (κ2) is 6.80. The quantitative estimate of drug-likeness (QED) is 0.263. The maximum Gasteiger partial charge on any atom is 0.490 e. The van der Waals surface area contributed by atoms with Gasteiger partial charge < -0.3 is 34.3 Å². The van der Waals surface area contributed by atoms with E-state index < -0.39 is 31.2 Å². The Bertz CT molecular complexity index is 394. The molecule has 0 rings (SSSR count). The monoisotopic (exact) mass is 355 g/mol. The van der Waals surface area contributed by atoms with Crippen LogP contribution in [-0.4, -0.2) is 34.3 Å². The van der Waals surface area contributed by atoms with Gasteiger partial charge in [0.15, 0.2) is 0 Å². The van der Waals surface area contributed by atoms with Crippen LogP contribution in [0.2, 0.25) is 0 Å². The molecule has 0 aromatic heterocycles. The van der Waals surface area contributed by atoms with Crippen molar-refractivity contribution in [2.75, 3.05) is 0 Å². The van der Waals surface area contributed by atoms with Crippen LogP contribution in [0.15, 0.2) is 0 Å². The Labute approximate surface area is 98.7 Å². The summed E-state index contributed by atoms with van der Waals surface area (Å²) in [5, 5.41) is 0. The summed E-state index contributed by atoms with van der Waals surface area (Å²) in [5.74, 6) is 0. The molecule has 0 aromatic rings. The van der Waals surface area contributed by atoms with Crippen LogP contribution in [0.3, 0.4) is 0 Å². The largest absolute Gasteiger partial charge is 0.490 e. The normalized spacial score (nSPS) is 13.8. The van der Waals surface area contributed by atoms with Crippen LogP contribution in [0, 0.1) is 0 Å². The van der Waals surface area contributed by atoms with E-state index in [4.69, 9.17) is 38.8 Å². The van der Waals surface area contributed by atoms with Crippen molar-refractivity contribution in [2.24, 2.45) is 5.50 Å². The lowest BCUT2D eigenvalue weighted by molar-refractivity contribution is 0.204. The molecule has 0 fully saturated rings. The summed E-state index contributed by atoms with van der Waals surface area (Å²) < 4.78 is 45.5. The lowest BCUT2D eigenvalue weighted by Crippen LogP contribution is -1.91. The third-order valence-electron chi connectivity index (χ3n) is 0.419. The Morgan fingerprint density at radius 3 is 0.944 bits per heavy atom.